The number of pyridine rings is 1. The lowest BCUT2D eigenvalue weighted by atomic mass is 9.96. The van der Waals surface area contributed by atoms with Gasteiger partial charge in [-0.1, -0.05) is 11.6 Å². The summed E-state index contributed by atoms with van der Waals surface area (Å²) >= 11 is 5.88. The highest BCUT2D eigenvalue weighted by molar-refractivity contribution is 6.30. The number of benzene rings is 1. The Balaban J connectivity index is 1.46. The zero-order valence-electron chi connectivity index (χ0n) is 15.4. The molecule has 3 N–H and O–H groups in total. The van der Waals surface area contributed by atoms with Gasteiger partial charge in [-0.15, -0.1) is 0 Å². The number of hydrogen-bond acceptors (Lipinski definition) is 5. The Morgan fingerprint density at radius 1 is 1.18 bits per heavy atom. The molecule has 1 fully saturated rings. The van der Waals surface area contributed by atoms with E-state index in [4.69, 9.17) is 22.1 Å². The van der Waals surface area contributed by atoms with Crippen molar-refractivity contribution in [3.63, 3.8) is 0 Å². The van der Waals surface area contributed by atoms with Crippen molar-refractivity contribution in [3.05, 3.63) is 47.6 Å². The normalized spacial score (nSPS) is 14.5. The lowest BCUT2D eigenvalue weighted by Crippen LogP contribution is -2.38. The van der Waals surface area contributed by atoms with Crippen molar-refractivity contribution in [3.8, 4) is 5.75 Å². The van der Waals surface area contributed by atoms with Gasteiger partial charge in [0, 0.05) is 30.9 Å². The van der Waals surface area contributed by atoms with Crippen LogP contribution in [0.4, 0.5) is 11.5 Å². The zero-order chi connectivity index (χ0) is 19.9. The fraction of sp³-hybridized carbons (Fsp3) is 0.350. The Hall–Kier alpha value is -2.80. The van der Waals surface area contributed by atoms with Crippen molar-refractivity contribution in [2.24, 2.45) is 11.7 Å². The Morgan fingerprint density at radius 3 is 2.50 bits per heavy atom. The molecule has 7 nitrogen and oxygen atoms in total. The fourth-order valence-electron chi connectivity index (χ4n) is 3.07. The highest BCUT2D eigenvalue weighted by Gasteiger charge is 2.25. The maximum absolute atomic E-state index is 12.5. The van der Waals surface area contributed by atoms with Gasteiger partial charge in [0.1, 0.15) is 11.6 Å². The number of anilines is 2. The standard InChI is InChI=1S/C20H23ClN4O3/c21-15-1-6-19(23-13-15)25-10-7-14(8-11-25)20(27)24-16-2-4-17(5-3-16)28-12-9-18(22)26/h1-6,13-14H,7-12H2,(H2,22,26)(H,24,27). The first kappa shape index (κ1) is 19.9. The molecule has 2 heterocycles. The van der Waals surface area contributed by atoms with Crippen molar-refractivity contribution in [1.82, 2.24) is 4.98 Å². The molecule has 2 aromatic rings. The van der Waals surface area contributed by atoms with Gasteiger partial charge in [-0.05, 0) is 49.2 Å². The van der Waals surface area contributed by atoms with E-state index < -0.39 is 5.91 Å². The Bertz CT molecular complexity index is 803. The Kier molecular flexibility index (Phi) is 6.71. The van der Waals surface area contributed by atoms with Crippen molar-refractivity contribution >= 4 is 34.9 Å². The van der Waals surface area contributed by atoms with Crippen LogP contribution in [0.1, 0.15) is 19.3 Å². The number of carbonyl (C=O) groups is 2. The smallest absolute Gasteiger partial charge is 0.227 e. The summed E-state index contributed by atoms with van der Waals surface area (Å²) in [4.78, 5) is 29.8. The van der Waals surface area contributed by atoms with Crippen molar-refractivity contribution in [2.75, 3.05) is 29.9 Å². The molecule has 1 saturated heterocycles. The van der Waals surface area contributed by atoms with Crippen molar-refractivity contribution in [1.29, 1.82) is 0 Å². The summed E-state index contributed by atoms with van der Waals surface area (Å²) < 4.78 is 5.42. The Labute approximate surface area is 168 Å². The number of aromatic nitrogens is 1. The summed E-state index contributed by atoms with van der Waals surface area (Å²) in [6.07, 6.45) is 3.34. The average molecular weight is 403 g/mol. The van der Waals surface area contributed by atoms with Gasteiger partial charge in [0.25, 0.3) is 0 Å². The average Bonchev–Trinajstić information content (AvgIpc) is 2.70. The predicted molar refractivity (Wildman–Crippen MR) is 109 cm³/mol. The molecule has 2 amide bonds. The van der Waals surface area contributed by atoms with Crippen LogP contribution in [0, 0.1) is 5.92 Å². The van der Waals surface area contributed by atoms with Crippen LogP contribution < -0.4 is 20.7 Å². The molecule has 1 aromatic heterocycles. The van der Waals surface area contributed by atoms with Gasteiger partial charge in [0.2, 0.25) is 11.8 Å². The van der Waals surface area contributed by atoms with Gasteiger partial charge in [-0.2, -0.15) is 0 Å². The molecule has 1 aromatic carbocycles. The molecule has 28 heavy (non-hydrogen) atoms. The van der Waals surface area contributed by atoms with E-state index in [1.165, 1.54) is 0 Å². The molecule has 0 saturated carbocycles. The highest BCUT2D eigenvalue weighted by atomic mass is 35.5. The zero-order valence-corrected chi connectivity index (χ0v) is 16.2. The molecule has 1 aliphatic heterocycles. The van der Waals surface area contributed by atoms with E-state index in [0.29, 0.717) is 16.5 Å². The van der Waals surface area contributed by atoms with Gasteiger partial charge in [-0.25, -0.2) is 4.98 Å². The predicted octanol–water partition coefficient (Wildman–Crippen LogP) is 2.84. The van der Waals surface area contributed by atoms with Crippen LogP contribution in [-0.2, 0) is 9.59 Å². The van der Waals surface area contributed by atoms with Gasteiger partial charge in [0.15, 0.2) is 0 Å². The first-order chi connectivity index (χ1) is 13.5. The number of amides is 2. The fourth-order valence-corrected chi connectivity index (χ4v) is 3.19. The van der Waals surface area contributed by atoms with Crippen LogP contribution in [0.25, 0.3) is 0 Å². The van der Waals surface area contributed by atoms with Crippen LogP contribution in [0.15, 0.2) is 42.6 Å². The maximum Gasteiger partial charge on any atom is 0.227 e. The molecular formula is C20H23ClN4O3. The number of ether oxygens (including phenoxy) is 1. The number of nitrogens with one attached hydrogen (secondary N) is 1. The second kappa shape index (κ2) is 9.41. The number of rotatable bonds is 7. The molecular weight excluding hydrogens is 380 g/mol. The molecule has 0 aliphatic carbocycles. The minimum absolute atomic E-state index is 0.0195. The van der Waals surface area contributed by atoms with Gasteiger partial charge < -0.3 is 20.7 Å². The summed E-state index contributed by atoms with van der Waals surface area (Å²) in [5, 5.41) is 3.57. The summed E-state index contributed by atoms with van der Waals surface area (Å²) in [6, 6.07) is 10.8. The molecule has 0 spiro atoms. The molecule has 8 heteroatoms. The van der Waals surface area contributed by atoms with Crippen LogP contribution in [0.3, 0.4) is 0 Å². The van der Waals surface area contributed by atoms with E-state index in [0.717, 1.165) is 31.7 Å². The summed E-state index contributed by atoms with van der Waals surface area (Å²) in [6.45, 7) is 1.79. The number of piperidine rings is 1. The van der Waals surface area contributed by atoms with Crippen LogP contribution in [0.5, 0.6) is 5.75 Å². The second-order valence-corrected chi connectivity index (χ2v) is 7.11. The largest absolute Gasteiger partial charge is 0.493 e. The SMILES string of the molecule is NC(=O)CCOc1ccc(NC(=O)C2CCN(c3ccc(Cl)cn3)CC2)cc1. The van der Waals surface area contributed by atoms with E-state index in [2.05, 4.69) is 15.2 Å². The number of hydrogen-bond donors (Lipinski definition) is 2. The summed E-state index contributed by atoms with van der Waals surface area (Å²) in [7, 11) is 0. The number of halogens is 1. The van der Waals surface area contributed by atoms with E-state index in [1.54, 1.807) is 30.5 Å². The third-order valence-corrected chi connectivity index (χ3v) is 4.86. The third-order valence-electron chi connectivity index (χ3n) is 4.64. The van der Waals surface area contributed by atoms with Gasteiger partial charge >= 0.3 is 0 Å². The van der Waals surface area contributed by atoms with E-state index in [1.807, 2.05) is 12.1 Å². The molecule has 0 unspecified atom stereocenters. The highest BCUT2D eigenvalue weighted by Crippen LogP contribution is 2.24. The molecule has 1 aliphatic rings. The third kappa shape index (κ3) is 5.60. The first-order valence-electron chi connectivity index (χ1n) is 9.20. The monoisotopic (exact) mass is 402 g/mol. The van der Waals surface area contributed by atoms with Crippen molar-refractivity contribution < 1.29 is 14.3 Å². The number of nitrogens with zero attached hydrogens (tertiary/aromatic N) is 2. The van der Waals surface area contributed by atoms with E-state index in [-0.39, 0.29) is 24.9 Å². The van der Waals surface area contributed by atoms with E-state index in [9.17, 15) is 9.59 Å². The summed E-state index contributed by atoms with van der Waals surface area (Å²) in [5.74, 6) is 1.10. The summed E-state index contributed by atoms with van der Waals surface area (Å²) in [5.41, 5.74) is 5.79. The Morgan fingerprint density at radius 2 is 1.89 bits per heavy atom. The first-order valence-corrected chi connectivity index (χ1v) is 9.57. The van der Waals surface area contributed by atoms with Gasteiger partial charge in [0.05, 0.1) is 18.1 Å². The molecule has 148 valence electrons. The molecule has 0 atom stereocenters. The number of primary amides is 1. The van der Waals surface area contributed by atoms with Crippen molar-refractivity contribution in [2.45, 2.75) is 19.3 Å². The molecule has 3 rings (SSSR count). The minimum atomic E-state index is -0.401. The number of carbonyl (C=O) groups excluding carboxylic acids is 2. The second-order valence-electron chi connectivity index (χ2n) is 6.67. The van der Waals surface area contributed by atoms with Crippen LogP contribution in [-0.4, -0.2) is 36.5 Å². The lowest BCUT2D eigenvalue weighted by molar-refractivity contribution is -0.120. The topological polar surface area (TPSA) is 97.6 Å². The lowest BCUT2D eigenvalue weighted by Gasteiger charge is -2.32. The molecule has 0 radical (unpaired) electrons. The number of nitrogens with two attached hydrogens (primary N) is 1. The maximum atomic E-state index is 12.5. The van der Waals surface area contributed by atoms with Crippen LogP contribution in [0.2, 0.25) is 5.02 Å². The van der Waals surface area contributed by atoms with Crippen LogP contribution >= 0.6 is 11.6 Å². The quantitative estimate of drug-likeness (QED) is 0.742. The van der Waals surface area contributed by atoms with E-state index >= 15 is 0 Å². The van der Waals surface area contributed by atoms with Gasteiger partial charge in [-0.3, -0.25) is 9.59 Å². The molecule has 0 bridgehead atoms. The minimum Gasteiger partial charge on any atom is -0.493 e.